The van der Waals surface area contributed by atoms with E-state index in [1.54, 1.807) is 0 Å². The van der Waals surface area contributed by atoms with Gasteiger partial charge in [-0.1, -0.05) is 6.07 Å². The van der Waals surface area contributed by atoms with Crippen LogP contribution in [0.3, 0.4) is 0 Å². The van der Waals surface area contributed by atoms with Gasteiger partial charge in [0.25, 0.3) is 0 Å². The highest BCUT2D eigenvalue weighted by Crippen LogP contribution is 2.17. The molecule has 0 radical (unpaired) electrons. The minimum absolute atomic E-state index is 0.266. The number of pyridine rings is 1. The average Bonchev–Trinajstić information content (AvgIpc) is 2.38. The van der Waals surface area contributed by atoms with Crippen LogP contribution in [0.1, 0.15) is 18.3 Å². The van der Waals surface area contributed by atoms with E-state index in [2.05, 4.69) is 20.3 Å². The molecule has 20 heavy (non-hydrogen) atoms. The number of hydrogen-bond acceptors (Lipinski definition) is 6. The first-order valence-corrected chi connectivity index (χ1v) is 6.60. The third-order valence-corrected chi connectivity index (χ3v) is 2.82. The van der Waals surface area contributed by atoms with Crippen molar-refractivity contribution in [3.8, 4) is 0 Å². The van der Waals surface area contributed by atoms with Crippen LogP contribution in [-0.4, -0.2) is 28.5 Å². The second kappa shape index (κ2) is 6.18. The summed E-state index contributed by atoms with van der Waals surface area (Å²) in [6, 6.07) is 7.87. The van der Waals surface area contributed by atoms with Crippen LogP contribution in [-0.2, 0) is 6.54 Å². The van der Waals surface area contributed by atoms with Crippen LogP contribution in [0.5, 0.6) is 0 Å². The van der Waals surface area contributed by atoms with Crippen LogP contribution in [0.15, 0.2) is 24.3 Å². The number of aromatic nitrogens is 3. The zero-order valence-electron chi connectivity index (χ0n) is 12.1. The van der Waals surface area contributed by atoms with Crippen molar-refractivity contribution < 1.29 is 0 Å². The number of nitrogens with one attached hydrogen (secondary N) is 1. The monoisotopic (exact) mass is 272 g/mol. The molecule has 0 saturated heterocycles. The van der Waals surface area contributed by atoms with Crippen molar-refractivity contribution in [2.75, 3.05) is 29.5 Å². The molecule has 0 amide bonds. The molecule has 0 fully saturated rings. The molecule has 0 saturated carbocycles. The summed E-state index contributed by atoms with van der Waals surface area (Å²) in [5, 5.41) is 3.14. The fourth-order valence-electron chi connectivity index (χ4n) is 1.93. The van der Waals surface area contributed by atoms with E-state index >= 15 is 0 Å². The molecule has 0 unspecified atom stereocenters. The fourth-order valence-corrected chi connectivity index (χ4v) is 1.93. The molecule has 0 aliphatic carbocycles. The van der Waals surface area contributed by atoms with Gasteiger partial charge in [0.15, 0.2) is 0 Å². The van der Waals surface area contributed by atoms with Crippen LogP contribution in [0, 0.1) is 6.92 Å². The molecule has 3 N–H and O–H groups in total. The van der Waals surface area contributed by atoms with Crippen molar-refractivity contribution in [2.24, 2.45) is 0 Å². The predicted octanol–water partition coefficient (Wildman–Crippen LogP) is 1.83. The lowest BCUT2D eigenvalue weighted by Gasteiger charge is -2.19. The molecule has 0 aromatic carbocycles. The highest BCUT2D eigenvalue weighted by Gasteiger charge is 2.08. The maximum absolute atomic E-state index is 5.74. The van der Waals surface area contributed by atoms with Gasteiger partial charge in [0.2, 0.25) is 5.95 Å². The van der Waals surface area contributed by atoms with Crippen molar-refractivity contribution >= 4 is 17.6 Å². The molecule has 0 aliphatic heterocycles. The lowest BCUT2D eigenvalue weighted by molar-refractivity contribution is 0.856. The third kappa shape index (κ3) is 3.57. The van der Waals surface area contributed by atoms with Crippen LogP contribution in [0.2, 0.25) is 0 Å². The van der Waals surface area contributed by atoms with E-state index < -0.39 is 0 Å². The summed E-state index contributed by atoms with van der Waals surface area (Å²) >= 11 is 0. The van der Waals surface area contributed by atoms with Crippen LogP contribution in [0.25, 0.3) is 0 Å². The molecule has 2 rings (SSSR count). The molecule has 0 bridgehead atoms. The Morgan fingerprint density at radius 3 is 2.75 bits per heavy atom. The van der Waals surface area contributed by atoms with Gasteiger partial charge in [-0.15, -0.1) is 0 Å². The first kappa shape index (κ1) is 14.0. The minimum Gasteiger partial charge on any atom is -0.370 e. The average molecular weight is 272 g/mol. The van der Waals surface area contributed by atoms with Crippen molar-refractivity contribution in [3.63, 3.8) is 0 Å². The first-order valence-electron chi connectivity index (χ1n) is 6.60. The first-order chi connectivity index (χ1) is 9.58. The Morgan fingerprint density at radius 2 is 2.05 bits per heavy atom. The molecule has 2 aromatic heterocycles. The zero-order chi connectivity index (χ0) is 14.5. The highest BCUT2D eigenvalue weighted by molar-refractivity contribution is 5.52. The molecule has 2 aromatic rings. The molecule has 6 nitrogen and oxygen atoms in total. The molecule has 0 atom stereocenters. The van der Waals surface area contributed by atoms with Crippen molar-refractivity contribution in [2.45, 2.75) is 20.4 Å². The summed E-state index contributed by atoms with van der Waals surface area (Å²) in [5.41, 5.74) is 7.74. The van der Waals surface area contributed by atoms with Gasteiger partial charge in [0.1, 0.15) is 11.6 Å². The smallest absolute Gasteiger partial charge is 0.223 e. The second-order valence-electron chi connectivity index (χ2n) is 4.63. The summed E-state index contributed by atoms with van der Waals surface area (Å²) in [7, 11) is 1.96. The number of anilines is 3. The largest absolute Gasteiger partial charge is 0.370 e. The molecular formula is C14H20N6. The van der Waals surface area contributed by atoms with Gasteiger partial charge >= 0.3 is 0 Å². The standard InChI is InChI=1S/C14H20N6/c1-4-16-12-8-13(19-14(15)18-12)20(3)9-11-7-5-6-10(2)17-11/h5-8H,4,9H2,1-3H3,(H3,15,16,18,19). The summed E-state index contributed by atoms with van der Waals surface area (Å²) in [6.07, 6.45) is 0. The second-order valence-corrected chi connectivity index (χ2v) is 4.63. The molecule has 0 spiro atoms. The predicted molar refractivity (Wildman–Crippen MR) is 81.7 cm³/mol. The summed E-state index contributed by atoms with van der Waals surface area (Å²) in [4.78, 5) is 14.9. The lowest BCUT2D eigenvalue weighted by Crippen LogP contribution is -2.20. The summed E-state index contributed by atoms with van der Waals surface area (Å²) in [6.45, 7) is 5.45. The van der Waals surface area contributed by atoms with E-state index in [4.69, 9.17) is 5.73 Å². The SMILES string of the molecule is CCNc1cc(N(C)Cc2cccc(C)n2)nc(N)n1. The Hall–Kier alpha value is -2.37. The van der Waals surface area contributed by atoms with E-state index in [0.29, 0.717) is 6.54 Å². The Kier molecular flexibility index (Phi) is 4.34. The molecule has 106 valence electrons. The number of hydrogen-bond donors (Lipinski definition) is 2. The Balaban J connectivity index is 2.18. The summed E-state index contributed by atoms with van der Waals surface area (Å²) < 4.78 is 0. The molecular weight excluding hydrogens is 252 g/mol. The zero-order valence-corrected chi connectivity index (χ0v) is 12.1. The van der Waals surface area contributed by atoms with E-state index in [9.17, 15) is 0 Å². The Labute approximate surface area is 119 Å². The number of nitrogen functional groups attached to an aromatic ring is 1. The minimum atomic E-state index is 0.266. The van der Waals surface area contributed by atoms with Gasteiger partial charge in [-0.05, 0) is 26.0 Å². The number of nitrogens with zero attached hydrogens (tertiary/aromatic N) is 4. The van der Waals surface area contributed by atoms with E-state index in [0.717, 1.165) is 29.6 Å². The van der Waals surface area contributed by atoms with Crippen LogP contribution < -0.4 is 16.0 Å². The van der Waals surface area contributed by atoms with Gasteiger partial charge in [0, 0.05) is 25.4 Å². The Bertz CT molecular complexity index is 584. The van der Waals surface area contributed by atoms with Gasteiger partial charge < -0.3 is 16.0 Å². The topological polar surface area (TPSA) is 80.0 Å². The quantitative estimate of drug-likeness (QED) is 0.864. The molecule has 0 aliphatic rings. The third-order valence-electron chi connectivity index (χ3n) is 2.82. The van der Waals surface area contributed by atoms with Gasteiger partial charge in [-0.25, -0.2) is 0 Å². The van der Waals surface area contributed by atoms with E-state index in [1.165, 1.54) is 0 Å². The van der Waals surface area contributed by atoms with Crippen LogP contribution in [0.4, 0.5) is 17.6 Å². The number of nitrogens with two attached hydrogens (primary N) is 1. The number of aryl methyl sites for hydroxylation is 1. The molecule has 6 heteroatoms. The van der Waals surface area contributed by atoms with Crippen molar-refractivity contribution in [3.05, 3.63) is 35.7 Å². The van der Waals surface area contributed by atoms with Gasteiger partial charge in [0.05, 0.1) is 12.2 Å². The summed E-state index contributed by atoms with van der Waals surface area (Å²) in [5.74, 6) is 1.78. The molecule has 2 heterocycles. The van der Waals surface area contributed by atoms with Gasteiger partial charge in [-0.2, -0.15) is 9.97 Å². The van der Waals surface area contributed by atoms with E-state index in [1.807, 2.05) is 50.1 Å². The lowest BCUT2D eigenvalue weighted by atomic mass is 10.3. The van der Waals surface area contributed by atoms with Gasteiger partial charge in [-0.3, -0.25) is 4.98 Å². The fraction of sp³-hybridized carbons (Fsp3) is 0.357. The van der Waals surface area contributed by atoms with Crippen molar-refractivity contribution in [1.82, 2.24) is 15.0 Å². The van der Waals surface area contributed by atoms with Crippen LogP contribution >= 0.6 is 0 Å². The van der Waals surface area contributed by atoms with Crippen molar-refractivity contribution in [1.29, 1.82) is 0 Å². The van der Waals surface area contributed by atoms with E-state index in [-0.39, 0.29) is 5.95 Å². The maximum Gasteiger partial charge on any atom is 0.223 e. The Morgan fingerprint density at radius 1 is 1.25 bits per heavy atom. The number of rotatable bonds is 5. The normalized spacial score (nSPS) is 10.3. The maximum atomic E-state index is 5.74. The highest BCUT2D eigenvalue weighted by atomic mass is 15.2.